The van der Waals surface area contributed by atoms with Crippen LogP contribution in [0.15, 0.2) is 28.7 Å². The predicted molar refractivity (Wildman–Crippen MR) is 76.5 cm³/mol. The Labute approximate surface area is 118 Å². The first-order chi connectivity index (χ1) is 9.15. The Balaban J connectivity index is 2.26. The average Bonchev–Trinajstić information content (AvgIpc) is 2.80. The number of benzene rings is 1. The van der Waals surface area contributed by atoms with Crippen molar-refractivity contribution in [2.45, 2.75) is 38.9 Å². The fourth-order valence-corrected chi connectivity index (χ4v) is 2.38. The Morgan fingerprint density at radius 1 is 1.32 bits per heavy atom. The van der Waals surface area contributed by atoms with Gasteiger partial charge in [-0.05, 0) is 37.6 Å². The third-order valence-electron chi connectivity index (χ3n) is 3.10. The van der Waals surface area contributed by atoms with Crippen molar-refractivity contribution in [2.24, 2.45) is 0 Å². The highest BCUT2D eigenvalue weighted by molar-refractivity contribution is 6.31. The third kappa shape index (κ3) is 3.30. The molecular weight excluding hydrogens is 264 g/mol. The summed E-state index contributed by atoms with van der Waals surface area (Å²) in [4.78, 5) is 0. The molecule has 104 valence electrons. The van der Waals surface area contributed by atoms with E-state index in [-0.39, 0.29) is 6.10 Å². The monoisotopic (exact) mass is 282 g/mol. The lowest BCUT2D eigenvalue weighted by Crippen LogP contribution is -2.21. The van der Waals surface area contributed by atoms with Crippen LogP contribution in [-0.4, -0.2) is 17.8 Å². The van der Waals surface area contributed by atoms with Crippen LogP contribution < -0.4 is 0 Å². The second-order valence-electron chi connectivity index (χ2n) is 4.56. The summed E-state index contributed by atoms with van der Waals surface area (Å²) in [6, 6.07) is 7.23. The van der Waals surface area contributed by atoms with Gasteiger partial charge in [-0.1, -0.05) is 24.9 Å². The van der Waals surface area contributed by atoms with Crippen LogP contribution in [0.2, 0.25) is 5.02 Å². The van der Waals surface area contributed by atoms with Gasteiger partial charge in [-0.25, -0.2) is 0 Å². The molecule has 0 amide bonds. The van der Waals surface area contributed by atoms with Crippen molar-refractivity contribution in [3.05, 3.63) is 35.0 Å². The number of furan rings is 1. The molecule has 0 bridgehead atoms. The van der Waals surface area contributed by atoms with Crippen molar-refractivity contribution in [3.63, 3.8) is 0 Å². The number of ether oxygens (including phenoxy) is 1. The minimum absolute atomic E-state index is 0.231. The van der Waals surface area contributed by atoms with Crippen LogP contribution >= 0.6 is 11.6 Å². The minimum atomic E-state index is -0.744. The van der Waals surface area contributed by atoms with E-state index in [9.17, 15) is 5.11 Å². The molecule has 2 unspecified atom stereocenters. The molecule has 0 radical (unpaired) electrons. The lowest BCUT2D eigenvalue weighted by molar-refractivity contribution is -0.0463. The summed E-state index contributed by atoms with van der Waals surface area (Å²) >= 11 is 5.94. The number of halogens is 1. The Bertz CT molecular complexity index is 529. The highest BCUT2D eigenvalue weighted by Gasteiger charge is 2.24. The van der Waals surface area contributed by atoms with Crippen LogP contribution in [0, 0.1) is 0 Å². The molecule has 2 rings (SSSR count). The number of fused-ring (bicyclic) bond motifs is 1. The summed E-state index contributed by atoms with van der Waals surface area (Å²) in [5, 5.41) is 11.9. The van der Waals surface area contributed by atoms with Gasteiger partial charge in [0.2, 0.25) is 0 Å². The number of aliphatic hydroxyl groups is 1. The molecule has 1 aromatic carbocycles. The summed E-state index contributed by atoms with van der Waals surface area (Å²) < 4.78 is 11.3. The normalized spacial score (nSPS) is 14.7. The van der Waals surface area contributed by atoms with E-state index in [1.165, 1.54) is 0 Å². The van der Waals surface area contributed by atoms with Crippen LogP contribution in [-0.2, 0) is 4.74 Å². The van der Waals surface area contributed by atoms with Crippen molar-refractivity contribution in [1.29, 1.82) is 0 Å². The zero-order chi connectivity index (χ0) is 13.8. The van der Waals surface area contributed by atoms with E-state index in [1.807, 2.05) is 25.1 Å². The highest BCUT2D eigenvalue weighted by Crippen LogP contribution is 2.29. The van der Waals surface area contributed by atoms with E-state index < -0.39 is 6.10 Å². The molecule has 19 heavy (non-hydrogen) atoms. The van der Waals surface area contributed by atoms with E-state index in [0.717, 1.165) is 23.8 Å². The molecule has 0 aliphatic carbocycles. The Morgan fingerprint density at radius 3 is 2.79 bits per heavy atom. The third-order valence-corrected chi connectivity index (χ3v) is 3.33. The van der Waals surface area contributed by atoms with Gasteiger partial charge < -0.3 is 14.3 Å². The van der Waals surface area contributed by atoms with E-state index in [2.05, 4.69) is 6.92 Å². The van der Waals surface area contributed by atoms with Gasteiger partial charge in [0.05, 0.1) is 6.10 Å². The van der Waals surface area contributed by atoms with Crippen molar-refractivity contribution in [2.75, 3.05) is 6.61 Å². The number of rotatable bonds is 6. The molecule has 1 N–H and O–H groups in total. The molecule has 2 aromatic rings. The molecule has 0 saturated heterocycles. The fourth-order valence-electron chi connectivity index (χ4n) is 2.19. The number of aliphatic hydroxyl groups excluding tert-OH is 1. The SMILES string of the molecule is CCCC(OCC)C(O)c1cc2cc(Cl)ccc2o1. The van der Waals surface area contributed by atoms with E-state index in [0.29, 0.717) is 17.4 Å². The molecular formula is C15H19ClO3. The Kier molecular flexibility index (Phi) is 4.86. The summed E-state index contributed by atoms with van der Waals surface area (Å²) in [6.45, 7) is 4.57. The quantitative estimate of drug-likeness (QED) is 0.858. The minimum Gasteiger partial charge on any atom is -0.458 e. The molecule has 1 aromatic heterocycles. The zero-order valence-electron chi connectivity index (χ0n) is 11.2. The van der Waals surface area contributed by atoms with Gasteiger partial charge in [0.1, 0.15) is 17.4 Å². The van der Waals surface area contributed by atoms with Crippen LogP contribution in [0.25, 0.3) is 11.0 Å². The van der Waals surface area contributed by atoms with Gasteiger partial charge in [0.25, 0.3) is 0 Å². The van der Waals surface area contributed by atoms with Gasteiger partial charge in [-0.3, -0.25) is 0 Å². The standard InChI is InChI=1S/C15H19ClO3/c1-3-5-13(18-4-2)15(17)14-9-10-8-11(16)6-7-12(10)19-14/h6-9,13,15,17H,3-5H2,1-2H3. The topological polar surface area (TPSA) is 42.6 Å². The van der Waals surface area contributed by atoms with Crippen molar-refractivity contribution < 1.29 is 14.3 Å². The maximum atomic E-state index is 10.4. The maximum absolute atomic E-state index is 10.4. The maximum Gasteiger partial charge on any atom is 0.138 e. The molecule has 0 saturated carbocycles. The van der Waals surface area contributed by atoms with Crippen molar-refractivity contribution >= 4 is 22.6 Å². The van der Waals surface area contributed by atoms with Crippen LogP contribution in [0.5, 0.6) is 0 Å². The number of hydrogen-bond acceptors (Lipinski definition) is 3. The Hall–Kier alpha value is -1.03. The average molecular weight is 283 g/mol. The molecule has 1 heterocycles. The first-order valence-corrected chi connectivity index (χ1v) is 7.02. The molecule has 3 nitrogen and oxygen atoms in total. The summed E-state index contributed by atoms with van der Waals surface area (Å²) in [6.07, 6.45) is 0.776. The van der Waals surface area contributed by atoms with Gasteiger partial charge in [0.15, 0.2) is 0 Å². The summed E-state index contributed by atoms with van der Waals surface area (Å²) in [5.74, 6) is 0.532. The van der Waals surface area contributed by atoms with Crippen LogP contribution in [0.1, 0.15) is 38.6 Å². The summed E-state index contributed by atoms with van der Waals surface area (Å²) in [7, 11) is 0. The lowest BCUT2D eigenvalue weighted by atomic mass is 10.1. The van der Waals surface area contributed by atoms with Gasteiger partial charge in [-0.15, -0.1) is 0 Å². The molecule has 4 heteroatoms. The zero-order valence-corrected chi connectivity index (χ0v) is 12.0. The molecule has 2 atom stereocenters. The fraction of sp³-hybridized carbons (Fsp3) is 0.467. The molecule has 0 aliphatic heterocycles. The van der Waals surface area contributed by atoms with Gasteiger partial charge in [0, 0.05) is 17.0 Å². The lowest BCUT2D eigenvalue weighted by Gasteiger charge is -2.20. The smallest absolute Gasteiger partial charge is 0.138 e. The predicted octanol–water partition coefficient (Wildman–Crippen LogP) is 4.32. The number of hydrogen-bond donors (Lipinski definition) is 1. The van der Waals surface area contributed by atoms with Crippen LogP contribution in [0.4, 0.5) is 0 Å². The van der Waals surface area contributed by atoms with Gasteiger partial charge >= 0.3 is 0 Å². The first kappa shape index (κ1) is 14.4. The van der Waals surface area contributed by atoms with Crippen LogP contribution in [0.3, 0.4) is 0 Å². The van der Waals surface area contributed by atoms with Crippen molar-refractivity contribution in [3.8, 4) is 0 Å². The molecule has 0 aliphatic rings. The highest BCUT2D eigenvalue weighted by atomic mass is 35.5. The van der Waals surface area contributed by atoms with Gasteiger partial charge in [-0.2, -0.15) is 0 Å². The first-order valence-electron chi connectivity index (χ1n) is 6.64. The summed E-state index contributed by atoms with van der Waals surface area (Å²) in [5.41, 5.74) is 0.727. The molecule has 0 fully saturated rings. The van der Waals surface area contributed by atoms with Crippen molar-refractivity contribution in [1.82, 2.24) is 0 Å². The van der Waals surface area contributed by atoms with E-state index in [1.54, 1.807) is 6.07 Å². The Morgan fingerprint density at radius 2 is 2.11 bits per heavy atom. The van der Waals surface area contributed by atoms with E-state index >= 15 is 0 Å². The second-order valence-corrected chi connectivity index (χ2v) is 4.99. The molecule has 0 spiro atoms. The van der Waals surface area contributed by atoms with E-state index in [4.69, 9.17) is 20.8 Å². The second kappa shape index (κ2) is 6.42. The largest absolute Gasteiger partial charge is 0.458 e.